The van der Waals surface area contributed by atoms with E-state index >= 15 is 0 Å². The van der Waals surface area contributed by atoms with Crippen LogP contribution in [0.15, 0.2) is 26.2 Å². The van der Waals surface area contributed by atoms with Gasteiger partial charge in [-0.05, 0) is 130 Å². The summed E-state index contributed by atoms with van der Waals surface area (Å²) in [5.74, 6) is 4.43. The molecule has 0 saturated heterocycles. The van der Waals surface area contributed by atoms with E-state index in [4.69, 9.17) is 9.64 Å². The summed E-state index contributed by atoms with van der Waals surface area (Å²) in [4.78, 5) is 9.03. The zero-order valence-electron chi connectivity index (χ0n) is 23.5. The fourth-order valence-corrected chi connectivity index (χ4v) is 4.19. The summed E-state index contributed by atoms with van der Waals surface area (Å²) in [6.45, 7) is 25.2. The average molecular weight is 499 g/mol. The minimum Gasteiger partial charge on any atom is -0.382 e. The molecule has 0 amide bonds. The van der Waals surface area contributed by atoms with Crippen LogP contribution in [-0.4, -0.2) is 26.3 Å². The molecule has 2 aromatic carbocycles. The maximum Gasteiger partial charge on any atom is 0.102 e. The Balaban J connectivity index is 0.000000809. The Morgan fingerprint density at radius 1 is 0.556 bits per heavy atom. The zero-order chi connectivity index (χ0) is 27.4. The standard InChI is InChI=1S/C26H40N2O.H2N6O/c1-15-17(3)21(7)25(22(8)18(15)4)27-11-13-29-14-12-28-26-23(9)19(5)16(2)20(6)24(26)10;1-2-3-4-5-6-7/h27-28H,11-14H2,1-10H3;(H2,1,3,5,7). The van der Waals surface area contributed by atoms with E-state index in [0.29, 0.717) is 13.2 Å². The molecule has 0 bridgehead atoms. The molecule has 0 aliphatic carbocycles. The number of nitrogens with two attached hydrogens (primary N) is 1. The summed E-state index contributed by atoms with van der Waals surface area (Å²) < 4.78 is 5.88. The SMILES string of the molecule is Cc1c(C)c(C)c(NCCOCCNc2c(C)c(C)c(C)c(C)c2C)c(C)c1C.N/N=N/N=N/N=O. The lowest BCUT2D eigenvalue weighted by atomic mass is 9.93. The highest BCUT2D eigenvalue weighted by Gasteiger charge is 2.13. The van der Waals surface area contributed by atoms with Crippen LogP contribution >= 0.6 is 0 Å². The fraction of sp³-hybridized carbons (Fsp3) is 0.538. The van der Waals surface area contributed by atoms with E-state index in [9.17, 15) is 0 Å². The van der Waals surface area contributed by atoms with Crippen LogP contribution in [-0.2, 0) is 4.74 Å². The highest BCUT2D eigenvalue weighted by molar-refractivity contribution is 5.65. The third-order valence-corrected chi connectivity index (χ3v) is 7.26. The quantitative estimate of drug-likeness (QED) is 0.110. The lowest BCUT2D eigenvalue weighted by Gasteiger charge is -2.20. The minimum atomic E-state index is 0.705. The Labute approximate surface area is 215 Å². The fourth-order valence-electron chi connectivity index (χ4n) is 4.19. The van der Waals surface area contributed by atoms with Gasteiger partial charge in [-0.3, -0.25) is 0 Å². The van der Waals surface area contributed by atoms with E-state index in [2.05, 4.69) is 107 Å². The van der Waals surface area contributed by atoms with Crippen LogP contribution in [0.2, 0.25) is 0 Å². The van der Waals surface area contributed by atoms with E-state index in [1.54, 1.807) is 0 Å². The Morgan fingerprint density at radius 2 is 0.889 bits per heavy atom. The molecule has 0 radical (unpaired) electrons. The number of nitrogens with one attached hydrogen (secondary N) is 2. The van der Waals surface area contributed by atoms with Gasteiger partial charge in [0.15, 0.2) is 0 Å². The van der Waals surface area contributed by atoms with Crippen LogP contribution in [0.25, 0.3) is 0 Å². The molecular weight excluding hydrogens is 456 g/mol. The van der Waals surface area contributed by atoms with Crippen molar-refractivity contribution in [3.8, 4) is 0 Å². The molecule has 0 aliphatic heterocycles. The molecule has 0 aromatic heterocycles. The van der Waals surface area contributed by atoms with Gasteiger partial charge in [-0.2, -0.15) is 0 Å². The van der Waals surface area contributed by atoms with Gasteiger partial charge in [0.25, 0.3) is 0 Å². The van der Waals surface area contributed by atoms with Gasteiger partial charge in [0.05, 0.1) is 13.2 Å². The third-order valence-electron chi connectivity index (χ3n) is 7.26. The zero-order valence-corrected chi connectivity index (χ0v) is 23.5. The molecule has 10 nitrogen and oxygen atoms in total. The number of ether oxygens (including phenoxy) is 1. The highest BCUT2D eigenvalue weighted by atomic mass is 16.5. The van der Waals surface area contributed by atoms with E-state index in [0.717, 1.165) is 13.1 Å². The molecule has 0 heterocycles. The summed E-state index contributed by atoms with van der Waals surface area (Å²) in [5, 5.41) is 19.7. The molecule has 0 saturated carbocycles. The Bertz CT molecular complexity index is 979. The summed E-state index contributed by atoms with van der Waals surface area (Å²) in [5.41, 5.74) is 16.3. The van der Waals surface area contributed by atoms with Crippen LogP contribution in [0.3, 0.4) is 0 Å². The third kappa shape index (κ3) is 7.81. The van der Waals surface area contributed by atoms with Gasteiger partial charge in [0.1, 0.15) is 5.29 Å². The maximum absolute atomic E-state index is 9.03. The Morgan fingerprint density at radius 3 is 1.19 bits per heavy atom. The van der Waals surface area contributed by atoms with Crippen LogP contribution in [0, 0.1) is 74.1 Å². The predicted octanol–water partition coefficient (Wildman–Crippen LogP) is 6.67. The second-order valence-corrected chi connectivity index (χ2v) is 8.93. The normalized spacial score (nSPS) is 11.1. The Kier molecular flexibility index (Phi) is 12.7. The van der Waals surface area contributed by atoms with Crippen LogP contribution < -0.4 is 16.5 Å². The average Bonchev–Trinajstić information content (AvgIpc) is 2.87. The van der Waals surface area contributed by atoms with Crippen molar-refractivity contribution < 1.29 is 4.74 Å². The summed E-state index contributed by atoms with van der Waals surface area (Å²) in [6.07, 6.45) is 0. The number of nitroso groups, excluding NO2 is 1. The maximum atomic E-state index is 9.03. The molecule has 2 aromatic rings. The lowest BCUT2D eigenvalue weighted by molar-refractivity contribution is 0.154. The molecule has 0 aliphatic rings. The first-order chi connectivity index (χ1) is 17.0. The van der Waals surface area contributed by atoms with E-state index in [1.807, 2.05) is 5.29 Å². The number of benzene rings is 2. The molecule has 0 spiro atoms. The van der Waals surface area contributed by atoms with Crippen molar-refractivity contribution in [2.75, 3.05) is 36.9 Å². The molecule has 0 fully saturated rings. The van der Waals surface area contributed by atoms with E-state index in [-0.39, 0.29) is 0 Å². The number of rotatable bonds is 10. The topological polar surface area (TPSA) is 138 Å². The first-order valence-electron chi connectivity index (χ1n) is 12.0. The van der Waals surface area contributed by atoms with Gasteiger partial charge >= 0.3 is 0 Å². The van der Waals surface area contributed by atoms with Gasteiger partial charge in [-0.1, -0.05) is 5.22 Å². The molecule has 10 heteroatoms. The lowest BCUT2D eigenvalue weighted by Crippen LogP contribution is -2.17. The summed E-state index contributed by atoms with van der Waals surface area (Å²) in [7, 11) is 0. The van der Waals surface area contributed by atoms with Gasteiger partial charge in [-0.15, -0.1) is 4.91 Å². The van der Waals surface area contributed by atoms with Gasteiger partial charge in [0, 0.05) is 34.9 Å². The van der Waals surface area contributed by atoms with E-state index < -0.39 is 0 Å². The molecule has 198 valence electrons. The van der Waals surface area contributed by atoms with Crippen LogP contribution in [0.1, 0.15) is 55.6 Å². The van der Waals surface area contributed by atoms with Crippen molar-refractivity contribution in [1.82, 2.24) is 0 Å². The van der Waals surface area contributed by atoms with Crippen molar-refractivity contribution in [3.05, 3.63) is 60.5 Å². The van der Waals surface area contributed by atoms with Gasteiger partial charge in [0.2, 0.25) is 0 Å². The Hall–Kier alpha value is -3.40. The number of hydrogen-bond acceptors (Lipinski definition) is 5. The van der Waals surface area contributed by atoms with Crippen molar-refractivity contribution in [2.45, 2.75) is 69.2 Å². The largest absolute Gasteiger partial charge is 0.382 e. The monoisotopic (exact) mass is 498 g/mol. The van der Waals surface area contributed by atoms with Gasteiger partial charge < -0.3 is 21.2 Å². The molecule has 36 heavy (non-hydrogen) atoms. The smallest absolute Gasteiger partial charge is 0.102 e. The summed E-state index contributed by atoms with van der Waals surface area (Å²) >= 11 is 0. The number of hydrogen-bond donors (Lipinski definition) is 3. The second kappa shape index (κ2) is 14.9. The van der Waals surface area contributed by atoms with Crippen molar-refractivity contribution in [1.29, 1.82) is 0 Å². The number of nitrogens with zero attached hydrogens (tertiary/aromatic N) is 5. The molecule has 0 unspecified atom stereocenters. The first kappa shape index (κ1) is 30.6. The summed E-state index contributed by atoms with van der Waals surface area (Å²) in [6, 6.07) is 0. The van der Waals surface area contributed by atoms with Crippen LogP contribution in [0.4, 0.5) is 11.4 Å². The van der Waals surface area contributed by atoms with Crippen molar-refractivity contribution in [3.63, 3.8) is 0 Å². The molecular formula is C26H42N8O2. The minimum absolute atomic E-state index is 0.705. The molecule has 0 atom stereocenters. The molecule has 4 N–H and O–H groups in total. The van der Waals surface area contributed by atoms with Crippen molar-refractivity contribution >= 4 is 11.4 Å². The second-order valence-electron chi connectivity index (χ2n) is 8.93. The van der Waals surface area contributed by atoms with E-state index in [1.165, 1.54) is 67.0 Å². The number of anilines is 2. The highest BCUT2D eigenvalue weighted by Crippen LogP contribution is 2.31. The van der Waals surface area contributed by atoms with Crippen molar-refractivity contribution in [2.24, 2.45) is 32.0 Å². The molecule has 2 rings (SSSR count). The first-order valence-corrected chi connectivity index (χ1v) is 12.0. The van der Waals surface area contributed by atoms with Gasteiger partial charge in [-0.25, -0.2) is 0 Å². The van der Waals surface area contributed by atoms with Crippen LogP contribution in [0.5, 0.6) is 0 Å². The predicted molar refractivity (Wildman–Crippen MR) is 148 cm³/mol.